The predicted octanol–water partition coefficient (Wildman–Crippen LogP) is 0.599. The van der Waals surface area contributed by atoms with Crippen LogP contribution < -0.4 is 5.32 Å². The van der Waals surface area contributed by atoms with Crippen LogP contribution in [0.2, 0.25) is 6.04 Å². The summed E-state index contributed by atoms with van der Waals surface area (Å²) >= 11 is 0. The molecule has 1 saturated heterocycles. The van der Waals surface area contributed by atoms with Crippen LogP contribution in [0.1, 0.15) is 26.7 Å². The second kappa shape index (κ2) is 8.27. The summed E-state index contributed by atoms with van der Waals surface area (Å²) in [6.45, 7) is 10.4. The molecule has 0 unspecified atom stereocenters. The van der Waals surface area contributed by atoms with Crippen LogP contribution in [0.3, 0.4) is 0 Å². The van der Waals surface area contributed by atoms with Gasteiger partial charge in [-0.05, 0) is 32.9 Å². The van der Waals surface area contributed by atoms with Gasteiger partial charge in [0.05, 0.1) is 0 Å². The van der Waals surface area contributed by atoms with Crippen LogP contribution in [0.4, 0.5) is 0 Å². The van der Waals surface area contributed by atoms with Gasteiger partial charge < -0.3 is 14.6 Å². The Morgan fingerprint density at radius 2 is 2.00 bits per heavy atom. The van der Waals surface area contributed by atoms with Crippen molar-refractivity contribution in [2.45, 2.75) is 38.8 Å². The standard InChI is InChI=1S/C11H26N2OSi/c1-11(2)14-15-10-4-3-7-13-8-5-12-6-9-13/h11-12H,3-10,15H2,1-2H3. The van der Waals surface area contributed by atoms with Gasteiger partial charge in [-0.2, -0.15) is 0 Å². The highest BCUT2D eigenvalue weighted by molar-refractivity contribution is 6.27. The SMILES string of the molecule is CC(C)O[SiH2]CCCCN1CCNCC1. The molecule has 1 heterocycles. The largest absolute Gasteiger partial charge is 0.422 e. The van der Waals surface area contributed by atoms with E-state index in [4.69, 9.17) is 4.43 Å². The van der Waals surface area contributed by atoms with Crippen molar-refractivity contribution in [2.75, 3.05) is 32.7 Å². The second-order valence-electron chi connectivity index (χ2n) is 4.57. The molecule has 1 aliphatic heterocycles. The van der Waals surface area contributed by atoms with Gasteiger partial charge in [-0.1, -0.05) is 6.42 Å². The molecule has 0 bridgehead atoms. The average Bonchev–Trinajstić information content (AvgIpc) is 2.24. The average molecular weight is 230 g/mol. The molecule has 3 nitrogen and oxygen atoms in total. The first-order valence-corrected chi connectivity index (χ1v) is 7.91. The molecule has 1 rings (SSSR count). The Labute approximate surface area is 96.5 Å². The quantitative estimate of drug-likeness (QED) is 0.512. The summed E-state index contributed by atoms with van der Waals surface area (Å²) in [5, 5.41) is 3.38. The molecule has 0 aliphatic carbocycles. The van der Waals surface area contributed by atoms with Crippen LogP contribution in [-0.2, 0) is 4.43 Å². The lowest BCUT2D eigenvalue weighted by molar-refractivity contribution is 0.235. The Kier molecular flexibility index (Phi) is 7.26. The van der Waals surface area contributed by atoms with Crippen LogP contribution in [0.25, 0.3) is 0 Å². The lowest BCUT2D eigenvalue weighted by Gasteiger charge is -2.27. The number of nitrogens with one attached hydrogen (secondary N) is 1. The lowest BCUT2D eigenvalue weighted by Crippen LogP contribution is -2.43. The first-order chi connectivity index (χ1) is 7.29. The molecule has 1 fully saturated rings. The van der Waals surface area contributed by atoms with Gasteiger partial charge in [0.25, 0.3) is 0 Å². The van der Waals surface area contributed by atoms with Gasteiger partial charge in [0.2, 0.25) is 0 Å². The molecule has 1 N–H and O–H groups in total. The van der Waals surface area contributed by atoms with Gasteiger partial charge in [-0.3, -0.25) is 0 Å². The first kappa shape index (κ1) is 13.2. The van der Waals surface area contributed by atoms with E-state index in [0.717, 1.165) is 0 Å². The molecule has 0 spiro atoms. The molecule has 0 radical (unpaired) electrons. The molecule has 0 aromatic rings. The second-order valence-corrected chi connectivity index (χ2v) is 6.02. The van der Waals surface area contributed by atoms with E-state index in [1.54, 1.807) is 0 Å². The zero-order valence-corrected chi connectivity index (χ0v) is 11.7. The topological polar surface area (TPSA) is 24.5 Å². The molecule has 4 heteroatoms. The molecule has 90 valence electrons. The minimum Gasteiger partial charge on any atom is -0.422 e. The Balaban J connectivity index is 1.83. The van der Waals surface area contributed by atoms with E-state index >= 15 is 0 Å². The predicted molar refractivity (Wildman–Crippen MR) is 68.1 cm³/mol. The van der Waals surface area contributed by atoms with Gasteiger partial charge in [0.1, 0.15) is 0 Å². The Morgan fingerprint density at radius 3 is 2.67 bits per heavy atom. The number of hydrogen-bond acceptors (Lipinski definition) is 3. The maximum absolute atomic E-state index is 5.65. The highest BCUT2D eigenvalue weighted by atomic mass is 28.2. The summed E-state index contributed by atoms with van der Waals surface area (Å²) in [7, 11) is -0.216. The highest BCUT2D eigenvalue weighted by Gasteiger charge is 2.07. The Hall–Kier alpha value is 0.0969. The monoisotopic (exact) mass is 230 g/mol. The third-order valence-electron chi connectivity index (χ3n) is 2.78. The Bertz CT molecular complexity index is 150. The third-order valence-corrected chi connectivity index (χ3v) is 4.47. The van der Waals surface area contributed by atoms with Crippen LogP contribution in [0.5, 0.6) is 0 Å². The lowest BCUT2D eigenvalue weighted by atomic mass is 10.3. The van der Waals surface area contributed by atoms with Gasteiger partial charge >= 0.3 is 0 Å². The number of rotatable bonds is 7. The molecular weight excluding hydrogens is 204 g/mol. The molecule has 0 saturated carbocycles. The van der Waals surface area contributed by atoms with E-state index < -0.39 is 0 Å². The van der Waals surface area contributed by atoms with E-state index in [9.17, 15) is 0 Å². The fourth-order valence-corrected chi connectivity index (χ4v) is 3.06. The van der Waals surface area contributed by atoms with Crippen LogP contribution in [0, 0.1) is 0 Å². The molecule has 1 aliphatic rings. The van der Waals surface area contributed by atoms with Crippen molar-refractivity contribution < 1.29 is 4.43 Å². The van der Waals surface area contributed by atoms with Crippen molar-refractivity contribution in [1.29, 1.82) is 0 Å². The zero-order chi connectivity index (χ0) is 10.9. The smallest absolute Gasteiger partial charge is 0.161 e. The van der Waals surface area contributed by atoms with Crippen molar-refractivity contribution in [1.82, 2.24) is 10.2 Å². The number of unbranched alkanes of at least 4 members (excludes halogenated alkanes) is 1. The molecular formula is C11H26N2OSi. The van der Waals surface area contributed by atoms with Crippen molar-refractivity contribution >= 4 is 9.76 Å². The van der Waals surface area contributed by atoms with Crippen LogP contribution in [0.15, 0.2) is 0 Å². The van der Waals surface area contributed by atoms with Gasteiger partial charge in [-0.25, -0.2) is 0 Å². The summed E-state index contributed by atoms with van der Waals surface area (Å²) in [4.78, 5) is 2.57. The summed E-state index contributed by atoms with van der Waals surface area (Å²) in [5.41, 5.74) is 0. The first-order valence-electron chi connectivity index (χ1n) is 6.33. The van der Waals surface area contributed by atoms with Crippen molar-refractivity contribution in [3.63, 3.8) is 0 Å². The van der Waals surface area contributed by atoms with Gasteiger partial charge in [0.15, 0.2) is 9.76 Å². The molecule has 0 aromatic heterocycles. The number of hydrogen-bond donors (Lipinski definition) is 1. The maximum Gasteiger partial charge on any atom is 0.161 e. The Morgan fingerprint density at radius 1 is 1.27 bits per heavy atom. The minimum atomic E-state index is -0.216. The van der Waals surface area contributed by atoms with Crippen LogP contribution >= 0.6 is 0 Å². The van der Waals surface area contributed by atoms with E-state index in [1.807, 2.05) is 0 Å². The summed E-state index contributed by atoms with van der Waals surface area (Å²) in [6.07, 6.45) is 3.17. The normalized spacial score (nSPS) is 19.4. The number of piperazine rings is 1. The van der Waals surface area contributed by atoms with Gasteiger partial charge in [-0.15, -0.1) is 0 Å². The summed E-state index contributed by atoms with van der Waals surface area (Å²) < 4.78 is 5.65. The summed E-state index contributed by atoms with van der Waals surface area (Å²) in [6, 6.07) is 1.35. The molecule has 0 aromatic carbocycles. The third kappa shape index (κ3) is 7.06. The van der Waals surface area contributed by atoms with Crippen LogP contribution in [-0.4, -0.2) is 53.5 Å². The molecule has 15 heavy (non-hydrogen) atoms. The molecule has 0 atom stereocenters. The van der Waals surface area contributed by atoms with Gasteiger partial charge in [0, 0.05) is 32.3 Å². The summed E-state index contributed by atoms with van der Waals surface area (Å²) in [5.74, 6) is 0. The maximum atomic E-state index is 5.65. The van der Waals surface area contributed by atoms with E-state index in [-0.39, 0.29) is 9.76 Å². The minimum absolute atomic E-state index is 0.216. The van der Waals surface area contributed by atoms with E-state index in [1.165, 1.54) is 51.6 Å². The fourth-order valence-electron chi connectivity index (χ4n) is 1.87. The fraction of sp³-hybridized carbons (Fsp3) is 1.00. The highest BCUT2D eigenvalue weighted by Crippen LogP contribution is 2.01. The number of nitrogens with zero attached hydrogens (tertiary/aromatic N) is 1. The van der Waals surface area contributed by atoms with E-state index in [2.05, 4.69) is 24.1 Å². The van der Waals surface area contributed by atoms with Crippen molar-refractivity contribution in [3.8, 4) is 0 Å². The molecule has 0 amide bonds. The zero-order valence-electron chi connectivity index (χ0n) is 10.3. The van der Waals surface area contributed by atoms with Crippen molar-refractivity contribution in [3.05, 3.63) is 0 Å². The van der Waals surface area contributed by atoms with E-state index in [0.29, 0.717) is 6.10 Å². The van der Waals surface area contributed by atoms with Crippen molar-refractivity contribution in [2.24, 2.45) is 0 Å².